The summed E-state index contributed by atoms with van der Waals surface area (Å²) in [4.78, 5) is 14.4. The first-order chi connectivity index (χ1) is 24.6. The van der Waals surface area contributed by atoms with Crippen LogP contribution in [0.1, 0.15) is 38.8 Å². The molecule has 10 atom stereocenters. The molecular weight excluding hydrogens is 688 g/mol. The Balaban J connectivity index is 1.57. The third-order valence-corrected chi connectivity index (χ3v) is 9.15. The van der Waals surface area contributed by atoms with Crippen LogP contribution in [-0.4, -0.2) is 128 Å². The van der Waals surface area contributed by atoms with Gasteiger partial charge in [-0.05, 0) is 46.6 Å². The molecule has 0 spiro atoms. The first-order valence-corrected chi connectivity index (χ1v) is 16.7. The Hall–Kier alpha value is -3.81. The number of fused-ring (bicyclic) bond motifs is 2. The van der Waals surface area contributed by atoms with Crippen LogP contribution in [0.5, 0.6) is 23.0 Å². The lowest BCUT2D eigenvalue weighted by atomic mass is 9.96. The van der Waals surface area contributed by atoms with Crippen LogP contribution in [-0.2, 0) is 27.1 Å². The third kappa shape index (κ3) is 7.49. The van der Waals surface area contributed by atoms with Gasteiger partial charge in [-0.2, -0.15) is 0 Å². The maximum Gasteiger partial charge on any atom is 0.229 e. The molecule has 1 aromatic heterocycles. The lowest BCUT2D eigenvalue weighted by Gasteiger charge is -2.45. The smallest absolute Gasteiger partial charge is 0.229 e. The van der Waals surface area contributed by atoms with Crippen molar-refractivity contribution in [2.24, 2.45) is 0 Å². The van der Waals surface area contributed by atoms with Gasteiger partial charge in [0, 0.05) is 17.2 Å². The second kappa shape index (κ2) is 16.1. The van der Waals surface area contributed by atoms with Gasteiger partial charge < -0.3 is 74.1 Å². The zero-order valence-corrected chi connectivity index (χ0v) is 29.3. The summed E-state index contributed by atoms with van der Waals surface area (Å²) in [5.41, 5.74) is 1.35. The van der Waals surface area contributed by atoms with E-state index in [1.54, 1.807) is 12.1 Å². The summed E-state index contributed by atoms with van der Waals surface area (Å²) < 4.78 is 34.3. The summed E-state index contributed by atoms with van der Waals surface area (Å²) >= 11 is 0. The number of hydrogen-bond acceptors (Lipinski definition) is 16. The van der Waals surface area contributed by atoms with Crippen LogP contribution in [0.15, 0.2) is 44.6 Å². The van der Waals surface area contributed by atoms with Gasteiger partial charge in [0.1, 0.15) is 65.7 Å². The quantitative estimate of drug-likeness (QED) is 0.0953. The second-order valence-electron chi connectivity index (χ2n) is 13.4. The van der Waals surface area contributed by atoms with E-state index in [4.69, 9.17) is 28.1 Å². The fourth-order valence-electron chi connectivity index (χ4n) is 6.24. The summed E-state index contributed by atoms with van der Waals surface area (Å²) in [7, 11) is 1.38. The number of phenols is 2. The fraction of sp³-hybridized carbons (Fsp3) is 0.528. The number of rotatable bonds is 11. The van der Waals surface area contributed by atoms with E-state index in [9.17, 15) is 50.8 Å². The number of methoxy groups -OCH3 is 1. The predicted molar refractivity (Wildman–Crippen MR) is 183 cm³/mol. The van der Waals surface area contributed by atoms with E-state index in [0.29, 0.717) is 5.56 Å². The molecule has 2 fully saturated rings. The molecule has 3 aromatic rings. The van der Waals surface area contributed by atoms with Gasteiger partial charge in [0.2, 0.25) is 11.7 Å². The second-order valence-corrected chi connectivity index (χ2v) is 13.4. The molecule has 286 valence electrons. The minimum absolute atomic E-state index is 0.0394. The van der Waals surface area contributed by atoms with Gasteiger partial charge in [0.25, 0.3) is 0 Å². The molecular formula is C36H46O16. The van der Waals surface area contributed by atoms with Crippen molar-refractivity contribution >= 4 is 21.9 Å². The van der Waals surface area contributed by atoms with Gasteiger partial charge in [-0.3, -0.25) is 4.79 Å². The Morgan fingerprint density at radius 2 is 1.37 bits per heavy atom. The maximum absolute atomic E-state index is 14.4. The first-order valence-electron chi connectivity index (χ1n) is 16.7. The minimum Gasteiger partial charge on any atom is -0.507 e. The van der Waals surface area contributed by atoms with E-state index in [1.807, 2.05) is 33.8 Å². The topological polar surface area (TPSA) is 258 Å². The summed E-state index contributed by atoms with van der Waals surface area (Å²) in [6.07, 6.45) is -13.0. The van der Waals surface area contributed by atoms with Gasteiger partial charge in [0.15, 0.2) is 29.0 Å². The van der Waals surface area contributed by atoms with Crippen molar-refractivity contribution in [2.45, 2.75) is 102 Å². The molecule has 16 nitrogen and oxygen atoms in total. The Labute approximate surface area is 297 Å². The largest absolute Gasteiger partial charge is 0.507 e. The van der Waals surface area contributed by atoms with E-state index in [2.05, 4.69) is 0 Å². The van der Waals surface area contributed by atoms with Crippen LogP contribution in [0.2, 0.25) is 0 Å². The molecule has 0 radical (unpaired) electrons. The highest BCUT2D eigenvalue weighted by atomic mass is 16.7. The van der Waals surface area contributed by atoms with Crippen LogP contribution >= 0.6 is 0 Å². The normalized spacial score (nSPS) is 29.2. The molecule has 0 unspecified atom stereocenters. The molecule has 0 amide bonds. The van der Waals surface area contributed by atoms with E-state index < -0.39 is 85.8 Å². The van der Waals surface area contributed by atoms with Gasteiger partial charge in [-0.25, -0.2) is 0 Å². The average Bonchev–Trinajstić information content (AvgIpc) is 3.10. The van der Waals surface area contributed by atoms with E-state index in [-0.39, 0.29) is 57.6 Å². The van der Waals surface area contributed by atoms with Gasteiger partial charge in [-0.15, -0.1) is 0 Å². The van der Waals surface area contributed by atoms with E-state index in [0.717, 1.165) is 17.2 Å². The molecule has 2 aromatic carbocycles. The van der Waals surface area contributed by atoms with Crippen molar-refractivity contribution in [3.05, 3.63) is 56.8 Å². The average molecular weight is 735 g/mol. The maximum atomic E-state index is 14.4. The summed E-state index contributed by atoms with van der Waals surface area (Å²) in [5, 5.41) is 94.9. The number of aromatic hydroxyl groups is 2. The Bertz CT molecular complexity index is 1870. The SMILES string of the molecule is COc1cc(CC=C(C)C)c(O)c2c(=O)c3c(CC=C(C)C)c(O[C@H]4O[C@@H](CO)[C@H](O[C@H]5O[C@@H](CO)[C@H](O)[C@@H](O)[C@@H]5O)[C@@H](O)[C@@H]4O)cc(O)c3oc12. The molecule has 2 saturated heterocycles. The number of hydrogen-bond donors (Lipinski definition) is 9. The van der Waals surface area contributed by atoms with Gasteiger partial charge >= 0.3 is 0 Å². The van der Waals surface area contributed by atoms with Crippen molar-refractivity contribution < 1.29 is 74.1 Å². The van der Waals surface area contributed by atoms with Crippen molar-refractivity contribution in [2.75, 3.05) is 20.3 Å². The number of allylic oxidation sites excluding steroid dienone is 4. The molecule has 5 rings (SSSR count). The Morgan fingerprint density at radius 3 is 1.98 bits per heavy atom. The summed E-state index contributed by atoms with van der Waals surface area (Å²) in [6.45, 7) is 5.85. The zero-order chi connectivity index (χ0) is 38.2. The number of aliphatic hydroxyl groups excluding tert-OH is 7. The lowest BCUT2D eigenvalue weighted by molar-refractivity contribution is -0.352. The highest BCUT2D eigenvalue weighted by Gasteiger charge is 2.51. The minimum atomic E-state index is -1.91. The molecule has 2 aliphatic rings. The molecule has 3 heterocycles. The van der Waals surface area contributed by atoms with Crippen LogP contribution in [0, 0.1) is 0 Å². The van der Waals surface area contributed by atoms with Crippen LogP contribution < -0.4 is 14.9 Å². The Morgan fingerprint density at radius 1 is 0.750 bits per heavy atom. The van der Waals surface area contributed by atoms with E-state index in [1.165, 1.54) is 7.11 Å². The molecule has 16 heteroatoms. The predicted octanol–water partition coefficient (Wildman–Crippen LogP) is 0.386. The van der Waals surface area contributed by atoms with Crippen molar-refractivity contribution in [3.8, 4) is 23.0 Å². The van der Waals surface area contributed by atoms with Crippen LogP contribution in [0.25, 0.3) is 21.9 Å². The van der Waals surface area contributed by atoms with Crippen LogP contribution in [0.3, 0.4) is 0 Å². The first kappa shape index (κ1) is 39.4. The molecule has 0 aliphatic carbocycles. The third-order valence-electron chi connectivity index (χ3n) is 9.15. The van der Waals surface area contributed by atoms with E-state index >= 15 is 0 Å². The number of benzene rings is 2. The molecule has 0 bridgehead atoms. The monoisotopic (exact) mass is 734 g/mol. The van der Waals surface area contributed by atoms with Crippen molar-refractivity contribution in [1.82, 2.24) is 0 Å². The van der Waals surface area contributed by atoms with Crippen LogP contribution in [0.4, 0.5) is 0 Å². The number of ether oxygens (including phenoxy) is 5. The van der Waals surface area contributed by atoms with Crippen molar-refractivity contribution in [3.63, 3.8) is 0 Å². The van der Waals surface area contributed by atoms with Gasteiger partial charge in [-0.1, -0.05) is 23.3 Å². The molecule has 2 aliphatic heterocycles. The highest BCUT2D eigenvalue weighted by molar-refractivity contribution is 6.00. The fourth-order valence-corrected chi connectivity index (χ4v) is 6.24. The summed E-state index contributed by atoms with van der Waals surface area (Å²) in [6, 6.07) is 2.68. The van der Waals surface area contributed by atoms with Crippen molar-refractivity contribution in [1.29, 1.82) is 0 Å². The zero-order valence-electron chi connectivity index (χ0n) is 29.3. The molecule has 52 heavy (non-hydrogen) atoms. The molecule has 0 saturated carbocycles. The summed E-state index contributed by atoms with van der Waals surface area (Å²) in [5.74, 6) is -0.901. The number of phenolic OH excluding ortho intramolecular Hbond substituents is 2. The highest BCUT2D eigenvalue weighted by Crippen LogP contribution is 2.42. The Kier molecular flexibility index (Phi) is 12.2. The van der Waals surface area contributed by atoms with Gasteiger partial charge in [0.05, 0.1) is 25.7 Å². The standard InChI is InChI=1S/C36H46O16/c1-14(2)6-8-16-10-20(47-5)33-24(25(16)40)27(42)23-17(9-7-15(3)4)19(11-18(39)32(23)51-33)48-35-31(46)29(44)34(22(13-38)50-35)52-36-30(45)28(43)26(41)21(12-37)49-36/h6-7,10-11,21-22,26,28-31,34-41,43-46H,8-9,12-13H2,1-5H3/t21-,22-,26-,28+,29-,30-,31-,34-,35-,36+/m0/s1. The number of aliphatic hydroxyl groups is 7. The lowest BCUT2D eigenvalue weighted by Crippen LogP contribution is -2.65. The molecule has 9 N–H and O–H groups in total.